The molecule has 10 heavy (non-hydrogen) atoms. The molecule has 2 unspecified atom stereocenters. The van der Waals surface area contributed by atoms with Crippen molar-refractivity contribution in [2.45, 2.75) is 39.1 Å². The molecule has 0 saturated heterocycles. The van der Waals surface area contributed by atoms with Gasteiger partial charge in [0, 0.05) is 13.0 Å². The lowest BCUT2D eigenvalue weighted by molar-refractivity contribution is -0.138. The van der Waals surface area contributed by atoms with Crippen LogP contribution in [0.5, 0.6) is 0 Å². The Kier molecular flexibility index (Phi) is 5.58. The summed E-state index contributed by atoms with van der Waals surface area (Å²) in [4.78, 5) is 0. The highest BCUT2D eigenvalue weighted by molar-refractivity contribution is 4.47. The molecule has 3 heteroatoms. The summed E-state index contributed by atoms with van der Waals surface area (Å²) in [6.07, 6.45) is 0.439. The highest BCUT2D eigenvalue weighted by Gasteiger charge is 2.06. The molecule has 0 aliphatic rings. The van der Waals surface area contributed by atoms with Crippen molar-refractivity contribution < 1.29 is 14.9 Å². The predicted molar refractivity (Wildman–Crippen MR) is 38.5 cm³/mol. The van der Waals surface area contributed by atoms with E-state index in [4.69, 9.17) is 14.9 Å². The molecule has 0 aromatic rings. The van der Waals surface area contributed by atoms with Crippen LogP contribution in [0, 0.1) is 0 Å². The minimum absolute atomic E-state index is 0.0302. The topological polar surface area (TPSA) is 49.7 Å². The number of ether oxygens (including phenoxy) is 1. The summed E-state index contributed by atoms with van der Waals surface area (Å²) >= 11 is 0. The Morgan fingerprint density at radius 1 is 1.50 bits per heavy atom. The summed E-state index contributed by atoms with van der Waals surface area (Å²) < 4.78 is 5.04. The molecule has 0 radical (unpaired) electrons. The van der Waals surface area contributed by atoms with Crippen molar-refractivity contribution in [3.05, 3.63) is 0 Å². The maximum atomic E-state index is 8.97. The second kappa shape index (κ2) is 5.65. The zero-order valence-corrected chi connectivity index (χ0v) is 6.58. The van der Waals surface area contributed by atoms with Crippen molar-refractivity contribution in [3.63, 3.8) is 0 Å². The largest absolute Gasteiger partial charge is 0.396 e. The van der Waals surface area contributed by atoms with Crippen LogP contribution in [0.15, 0.2) is 0 Å². The molecule has 0 amide bonds. The van der Waals surface area contributed by atoms with Gasteiger partial charge in [-0.25, -0.2) is 0 Å². The molecule has 0 aromatic heterocycles. The van der Waals surface area contributed by atoms with Crippen LogP contribution in [0.4, 0.5) is 0 Å². The van der Waals surface area contributed by atoms with Crippen molar-refractivity contribution in [1.29, 1.82) is 0 Å². The summed E-state index contributed by atoms with van der Waals surface area (Å²) in [5, 5.41) is 17.4. The Morgan fingerprint density at radius 2 is 2.10 bits per heavy atom. The second-order valence-electron chi connectivity index (χ2n) is 2.32. The fourth-order valence-electron chi connectivity index (χ4n) is 0.543. The van der Waals surface area contributed by atoms with Crippen LogP contribution in [0.3, 0.4) is 0 Å². The third-order valence-corrected chi connectivity index (χ3v) is 1.34. The van der Waals surface area contributed by atoms with Crippen molar-refractivity contribution >= 4 is 0 Å². The maximum Gasteiger partial charge on any atom is 0.157 e. The van der Waals surface area contributed by atoms with E-state index in [1.54, 1.807) is 0 Å². The zero-order valence-electron chi connectivity index (χ0n) is 6.58. The first kappa shape index (κ1) is 9.88. The highest BCUT2D eigenvalue weighted by Crippen LogP contribution is 2.01. The van der Waals surface area contributed by atoms with Gasteiger partial charge in [-0.1, -0.05) is 6.92 Å². The van der Waals surface area contributed by atoms with E-state index in [-0.39, 0.29) is 12.7 Å². The Hall–Kier alpha value is -0.120. The molecule has 0 spiro atoms. The molecule has 62 valence electrons. The van der Waals surface area contributed by atoms with Gasteiger partial charge in [0.2, 0.25) is 0 Å². The lowest BCUT2D eigenvalue weighted by Crippen LogP contribution is -2.19. The number of hydrogen-bond donors (Lipinski definition) is 2. The molecular formula is C7H16O3. The van der Waals surface area contributed by atoms with Crippen molar-refractivity contribution in [1.82, 2.24) is 0 Å². The van der Waals surface area contributed by atoms with E-state index in [9.17, 15) is 0 Å². The van der Waals surface area contributed by atoms with Crippen LogP contribution >= 0.6 is 0 Å². The molecule has 0 saturated carbocycles. The summed E-state index contributed by atoms with van der Waals surface area (Å²) in [6.45, 7) is 3.84. The van der Waals surface area contributed by atoms with Crippen LogP contribution in [0.2, 0.25) is 0 Å². The monoisotopic (exact) mass is 148 g/mol. The summed E-state index contributed by atoms with van der Waals surface area (Å²) in [6, 6.07) is 0. The quantitative estimate of drug-likeness (QED) is 0.558. The van der Waals surface area contributed by atoms with Crippen LogP contribution in [0.1, 0.15) is 26.7 Å². The van der Waals surface area contributed by atoms with Crippen LogP contribution in [0.25, 0.3) is 0 Å². The average molecular weight is 148 g/mol. The van der Waals surface area contributed by atoms with Gasteiger partial charge in [-0.2, -0.15) is 0 Å². The minimum Gasteiger partial charge on any atom is -0.396 e. The summed E-state index contributed by atoms with van der Waals surface area (Å²) in [7, 11) is 0. The van der Waals surface area contributed by atoms with Crippen molar-refractivity contribution in [2.24, 2.45) is 0 Å². The van der Waals surface area contributed by atoms with Gasteiger partial charge in [-0.05, 0) is 13.3 Å². The maximum absolute atomic E-state index is 8.97. The smallest absolute Gasteiger partial charge is 0.157 e. The molecule has 2 N–H and O–H groups in total. The number of hydrogen-bond acceptors (Lipinski definition) is 3. The van der Waals surface area contributed by atoms with E-state index in [2.05, 4.69) is 0 Å². The van der Waals surface area contributed by atoms with E-state index in [1.165, 1.54) is 0 Å². The van der Waals surface area contributed by atoms with Crippen molar-refractivity contribution in [2.75, 3.05) is 6.61 Å². The van der Waals surface area contributed by atoms with E-state index >= 15 is 0 Å². The third kappa shape index (κ3) is 4.73. The van der Waals surface area contributed by atoms with Gasteiger partial charge in [0.05, 0.1) is 6.10 Å². The number of aliphatic hydroxyl groups excluding tert-OH is 2. The summed E-state index contributed by atoms with van der Waals surface area (Å²) in [5.41, 5.74) is 0. The normalized spacial score (nSPS) is 16.8. The van der Waals surface area contributed by atoms with Gasteiger partial charge >= 0.3 is 0 Å². The lowest BCUT2D eigenvalue weighted by atomic mass is 10.3. The molecule has 0 heterocycles. The van der Waals surface area contributed by atoms with Gasteiger partial charge in [0.15, 0.2) is 6.29 Å². The molecule has 3 nitrogen and oxygen atoms in total. The van der Waals surface area contributed by atoms with Crippen LogP contribution in [-0.4, -0.2) is 29.2 Å². The first-order valence-electron chi connectivity index (χ1n) is 3.65. The molecular weight excluding hydrogens is 132 g/mol. The van der Waals surface area contributed by atoms with Crippen LogP contribution < -0.4 is 0 Å². The Morgan fingerprint density at radius 3 is 2.50 bits per heavy atom. The molecule has 0 aromatic carbocycles. The van der Waals surface area contributed by atoms with Gasteiger partial charge in [0.1, 0.15) is 0 Å². The first-order chi connectivity index (χ1) is 4.70. The second-order valence-corrected chi connectivity index (χ2v) is 2.32. The van der Waals surface area contributed by atoms with Gasteiger partial charge < -0.3 is 14.9 Å². The van der Waals surface area contributed by atoms with Gasteiger partial charge in [-0.15, -0.1) is 0 Å². The van der Waals surface area contributed by atoms with Crippen molar-refractivity contribution in [3.8, 4) is 0 Å². The summed E-state index contributed by atoms with van der Waals surface area (Å²) in [5.74, 6) is 0. The highest BCUT2D eigenvalue weighted by atomic mass is 16.6. The Bertz CT molecular complexity index is 75.3. The standard InChI is InChI=1S/C7H16O3/c1-3-6(2)10-7(9)4-5-8/h6-9H,3-5H2,1-2H3. The fourth-order valence-corrected chi connectivity index (χ4v) is 0.543. The van der Waals surface area contributed by atoms with Gasteiger partial charge in [0.25, 0.3) is 0 Å². The van der Waals surface area contributed by atoms with E-state index < -0.39 is 6.29 Å². The van der Waals surface area contributed by atoms with Crippen LogP contribution in [-0.2, 0) is 4.74 Å². The molecule has 0 rings (SSSR count). The third-order valence-electron chi connectivity index (χ3n) is 1.34. The lowest BCUT2D eigenvalue weighted by Gasteiger charge is -2.15. The van der Waals surface area contributed by atoms with Gasteiger partial charge in [-0.3, -0.25) is 0 Å². The molecule has 0 aliphatic carbocycles. The zero-order chi connectivity index (χ0) is 7.98. The molecule has 0 fully saturated rings. The predicted octanol–water partition coefficient (Wildman–Crippen LogP) is 0.502. The van der Waals surface area contributed by atoms with E-state index in [0.29, 0.717) is 6.42 Å². The van der Waals surface area contributed by atoms with E-state index in [0.717, 1.165) is 6.42 Å². The molecule has 0 bridgehead atoms. The number of aliphatic hydroxyl groups is 2. The fraction of sp³-hybridized carbons (Fsp3) is 1.00. The average Bonchev–Trinajstić information content (AvgIpc) is 1.88. The number of rotatable bonds is 5. The first-order valence-corrected chi connectivity index (χ1v) is 3.65. The Labute approximate surface area is 61.6 Å². The SMILES string of the molecule is CCC(C)OC(O)CCO. The molecule has 2 atom stereocenters. The minimum atomic E-state index is -0.806. The molecule has 0 aliphatic heterocycles. The van der Waals surface area contributed by atoms with E-state index in [1.807, 2.05) is 13.8 Å². The Balaban J connectivity index is 3.27.